The summed E-state index contributed by atoms with van der Waals surface area (Å²) in [5.41, 5.74) is 2.41. The summed E-state index contributed by atoms with van der Waals surface area (Å²) in [6.45, 7) is 8.87. The summed E-state index contributed by atoms with van der Waals surface area (Å²) in [7, 11) is 0. The van der Waals surface area contributed by atoms with Crippen molar-refractivity contribution in [3.05, 3.63) is 90.5 Å². The summed E-state index contributed by atoms with van der Waals surface area (Å²) in [5, 5.41) is 0. The predicted octanol–water partition coefficient (Wildman–Crippen LogP) is 6.77. The molecule has 0 fully saturated rings. The standard InChI is InChI=1S/C30H34O5/c1-21(19-27(31)35-30(3,4)5)29(32)33-22(2)28(34-26-17-10-7-11-18-26)25-16-12-15-24(20-25)23-13-8-6-9-14-23/h6-18,20-22,28H,19H2,1-5H3/t21-,22+,28+/m1/s1. The van der Waals surface area contributed by atoms with Gasteiger partial charge in [-0.2, -0.15) is 0 Å². The van der Waals surface area contributed by atoms with Crippen LogP contribution < -0.4 is 4.74 Å². The number of para-hydroxylation sites is 1. The van der Waals surface area contributed by atoms with Gasteiger partial charge in [-0.3, -0.25) is 9.59 Å². The molecule has 0 saturated heterocycles. The first-order valence-electron chi connectivity index (χ1n) is 11.9. The Morgan fingerprint density at radius 1 is 0.800 bits per heavy atom. The zero-order valence-corrected chi connectivity index (χ0v) is 21.1. The van der Waals surface area contributed by atoms with Gasteiger partial charge in [0.15, 0.2) is 6.10 Å². The lowest BCUT2D eigenvalue weighted by Gasteiger charge is -2.27. The van der Waals surface area contributed by atoms with Crippen molar-refractivity contribution in [3.8, 4) is 16.9 Å². The third kappa shape index (κ3) is 7.99. The van der Waals surface area contributed by atoms with Crippen LogP contribution in [0.5, 0.6) is 5.75 Å². The molecule has 0 unspecified atom stereocenters. The second kappa shape index (κ2) is 11.7. The lowest BCUT2D eigenvalue weighted by Crippen LogP contribution is -2.31. The van der Waals surface area contributed by atoms with Gasteiger partial charge < -0.3 is 14.2 Å². The van der Waals surface area contributed by atoms with Gasteiger partial charge in [0.2, 0.25) is 0 Å². The Hall–Kier alpha value is -3.60. The van der Waals surface area contributed by atoms with Gasteiger partial charge in [-0.25, -0.2) is 0 Å². The molecule has 0 aliphatic carbocycles. The zero-order chi connectivity index (χ0) is 25.4. The normalized spacial score (nSPS) is 13.9. The van der Waals surface area contributed by atoms with Crippen LogP contribution in [0.4, 0.5) is 0 Å². The van der Waals surface area contributed by atoms with Crippen molar-refractivity contribution < 1.29 is 23.8 Å². The second-order valence-corrected chi connectivity index (χ2v) is 9.68. The molecule has 0 amide bonds. The summed E-state index contributed by atoms with van der Waals surface area (Å²) in [5.74, 6) is -0.862. The Morgan fingerprint density at radius 2 is 1.40 bits per heavy atom. The van der Waals surface area contributed by atoms with E-state index in [1.807, 2.05) is 78.9 Å². The van der Waals surface area contributed by atoms with E-state index >= 15 is 0 Å². The average Bonchev–Trinajstić information content (AvgIpc) is 2.82. The number of esters is 2. The molecule has 3 atom stereocenters. The van der Waals surface area contributed by atoms with Gasteiger partial charge in [0.1, 0.15) is 17.5 Å². The molecule has 0 N–H and O–H groups in total. The van der Waals surface area contributed by atoms with Gasteiger partial charge in [-0.15, -0.1) is 0 Å². The Balaban J connectivity index is 1.79. The third-order valence-electron chi connectivity index (χ3n) is 5.35. The maximum absolute atomic E-state index is 12.8. The molecule has 35 heavy (non-hydrogen) atoms. The van der Waals surface area contributed by atoms with Gasteiger partial charge in [-0.05, 0) is 62.6 Å². The first-order valence-corrected chi connectivity index (χ1v) is 11.9. The molecular formula is C30H34O5. The zero-order valence-electron chi connectivity index (χ0n) is 21.1. The molecule has 184 valence electrons. The number of ether oxygens (including phenoxy) is 3. The maximum atomic E-state index is 12.8. The minimum atomic E-state index is -0.639. The molecule has 0 saturated carbocycles. The molecule has 5 nitrogen and oxygen atoms in total. The van der Waals surface area contributed by atoms with E-state index in [0.717, 1.165) is 16.7 Å². The van der Waals surface area contributed by atoms with E-state index in [-0.39, 0.29) is 6.42 Å². The van der Waals surface area contributed by atoms with Crippen LogP contribution in [-0.2, 0) is 19.1 Å². The Kier molecular flexibility index (Phi) is 8.69. The van der Waals surface area contributed by atoms with Crippen LogP contribution in [0.15, 0.2) is 84.9 Å². The summed E-state index contributed by atoms with van der Waals surface area (Å²) in [4.78, 5) is 25.0. The average molecular weight is 475 g/mol. The van der Waals surface area contributed by atoms with Crippen LogP contribution in [0.25, 0.3) is 11.1 Å². The first kappa shape index (κ1) is 26.0. The molecule has 0 aliphatic rings. The first-order chi connectivity index (χ1) is 16.6. The van der Waals surface area contributed by atoms with Gasteiger partial charge in [0, 0.05) is 0 Å². The fourth-order valence-corrected chi connectivity index (χ4v) is 3.68. The van der Waals surface area contributed by atoms with Crippen LogP contribution in [0.3, 0.4) is 0 Å². The van der Waals surface area contributed by atoms with Crippen molar-refractivity contribution >= 4 is 11.9 Å². The number of rotatable bonds is 9. The summed E-state index contributed by atoms with van der Waals surface area (Å²) >= 11 is 0. The molecule has 3 aromatic carbocycles. The van der Waals surface area contributed by atoms with Crippen LogP contribution in [0.1, 0.15) is 52.7 Å². The van der Waals surface area contributed by atoms with Gasteiger partial charge >= 0.3 is 11.9 Å². The fourth-order valence-electron chi connectivity index (χ4n) is 3.68. The molecule has 5 heteroatoms. The molecule has 0 radical (unpaired) electrons. The minimum Gasteiger partial charge on any atom is -0.482 e. The second-order valence-electron chi connectivity index (χ2n) is 9.68. The van der Waals surface area contributed by atoms with Crippen molar-refractivity contribution in [1.29, 1.82) is 0 Å². The van der Waals surface area contributed by atoms with Gasteiger partial charge in [0.05, 0.1) is 12.3 Å². The van der Waals surface area contributed by atoms with E-state index in [9.17, 15) is 9.59 Å². The predicted molar refractivity (Wildman–Crippen MR) is 137 cm³/mol. The Bertz CT molecular complexity index is 1100. The highest BCUT2D eigenvalue weighted by atomic mass is 16.6. The van der Waals surface area contributed by atoms with Crippen molar-refractivity contribution in [3.63, 3.8) is 0 Å². The van der Waals surface area contributed by atoms with Crippen LogP contribution >= 0.6 is 0 Å². The highest BCUT2D eigenvalue weighted by molar-refractivity contribution is 5.80. The van der Waals surface area contributed by atoms with E-state index in [2.05, 4.69) is 6.07 Å². The number of carbonyl (C=O) groups is 2. The smallest absolute Gasteiger partial charge is 0.309 e. The van der Waals surface area contributed by atoms with Crippen LogP contribution in [-0.4, -0.2) is 23.6 Å². The van der Waals surface area contributed by atoms with Crippen LogP contribution in [0, 0.1) is 5.92 Å². The topological polar surface area (TPSA) is 61.8 Å². The molecular weight excluding hydrogens is 440 g/mol. The molecule has 0 aromatic heterocycles. The van der Waals surface area contributed by atoms with Crippen molar-refractivity contribution in [2.24, 2.45) is 5.92 Å². The van der Waals surface area contributed by atoms with E-state index in [4.69, 9.17) is 14.2 Å². The Morgan fingerprint density at radius 3 is 2.03 bits per heavy atom. The number of benzene rings is 3. The van der Waals surface area contributed by atoms with E-state index in [0.29, 0.717) is 5.75 Å². The highest BCUT2D eigenvalue weighted by Crippen LogP contribution is 2.30. The van der Waals surface area contributed by atoms with Gasteiger partial charge in [0.25, 0.3) is 0 Å². The lowest BCUT2D eigenvalue weighted by atomic mass is 9.98. The van der Waals surface area contributed by atoms with E-state index in [1.165, 1.54) is 0 Å². The summed E-state index contributed by atoms with van der Waals surface area (Å²) in [6.07, 6.45) is -1.19. The highest BCUT2D eigenvalue weighted by Gasteiger charge is 2.29. The lowest BCUT2D eigenvalue weighted by molar-refractivity contribution is -0.165. The SMILES string of the molecule is C[C@H](CC(=O)OC(C)(C)C)C(=O)O[C@@H](C)[C@H](Oc1ccccc1)c1cccc(-c2ccccc2)c1. The van der Waals surface area contributed by atoms with Crippen molar-refractivity contribution in [2.45, 2.75) is 58.8 Å². The number of hydrogen-bond acceptors (Lipinski definition) is 5. The van der Waals surface area contributed by atoms with E-state index < -0.39 is 35.7 Å². The number of carbonyl (C=O) groups excluding carboxylic acids is 2. The quantitative estimate of drug-likeness (QED) is 0.320. The Labute approximate surface area is 208 Å². The summed E-state index contributed by atoms with van der Waals surface area (Å²) < 4.78 is 17.5. The summed E-state index contributed by atoms with van der Waals surface area (Å²) in [6, 6.07) is 27.5. The fraction of sp³-hybridized carbons (Fsp3) is 0.333. The largest absolute Gasteiger partial charge is 0.482 e. The minimum absolute atomic E-state index is 0.0451. The molecule has 0 aliphatic heterocycles. The molecule has 3 rings (SSSR count). The van der Waals surface area contributed by atoms with Crippen LogP contribution in [0.2, 0.25) is 0 Å². The van der Waals surface area contributed by atoms with Crippen molar-refractivity contribution in [2.75, 3.05) is 0 Å². The monoisotopic (exact) mass is 474 g/mol. The molecule has 0 heterocycles. The molecule has 3 aromatic rings. The van der Waals surface area contributed by atoms with Crippen molar-refractivity contribution in [1.82, 2.24) is 0 Å². The maximum Gasteiger partial charge on any atom is 0.309 e. The number of hydrogen-bond donors (Lipinski definition) is 0. The van der Waals surface area contributed by atoms with Gasteiger partial charge in [-0.1, -0.05) is 73.7 Å². The van der Waals surface area contributed by atoms with E-state index in [1.54, 1.807) is 34.6 Å². The molecule has 0 bridgehead atoms. The third-order valence-corrected chi connectivity index (χ3v) is 5.35. The molecule has 0 spiro atoms.